The van der Waals surface area contributed by atoms with Gasteiger partial charge in [-0.25, -0.2) is 18.0 Å². The minimum Gasteiger partial charge on any atom is -0.442 e. The van der Waals surface area contributed by atoms with Gasteiger partial charge in [-0.05, 0) is 42.5 Å². The zero-order valence-electron chi connectivity index (χ0n) is 15.2. The number of hydrogen-bond acceptors (Lipinski definition) is 5. The summed E-state index contributed by atoms with van der Waals surface area (Å²) in [6.07, 6.45) is -4.25. The van der Waals surface area contributed by atoms with E-state index in [1.54, 1.807) is 12.1 Å². The van der Waals surface area contributed by atoms with Gasteiger partial charge in [-0.3, -0.25) is 9.69 Å². The number of benzene rings is 1. The molecule has 0 bridgehead atoms. The van der Waals surface area contributed by atoms with Crippen molar-refractivity contribution in [3.63, 3.8) is 0 Å². The van der Waals surface area contributed by atoms with Gasteiger partial charge < -0.3 is 15.4 Å². The molecule has 0 aromatic heterocycles. The van der Waals surface area contributed by atoms with E-state index >= 15 is 0 Å². The van der Waals surface area contributed by atoms with Crippen LogP contribution in [0, 0.1) is 5.82 Å². The van der Waals surface area contributed by atoms with E-state index in [1.165, 1.54) is 29.2 Å². The Labute approximate surface area is 183 Å². The number of rotatable bonds is 6. The van der Waals surface area contributed by atoms with Crippen LogP contribution in [-0.2, 0) is 4.74 Å². The lowest BCUT2D eigenvalue weighted by Crippen LogP contribution is -2.36. The maximum absolute atomic E-state index is 14.6. The van der Waals surface area contributed by atoms with Crippen molar-refractivity contribution >= 4 is 56.3 Å². The molecule has 0 unspecified atom stereocenters. The molecule has 158 valence electrons. The minimum atomic E-state index is -2.80. The molecule has 11 heteroatoms. The standard InChI is InChI=1S/C19H15BrF3N3O3S/c20-10-1-4-15(16(27)6-2-10)25-14-5-3-11(7-13(14)21)26-9-12(29-19(26)28)8-24-18(30)17(22)23/h1-7,12,17H,8-9H2,(H,24,30)(H,25,27)/t12-/m0/s1. The number of cyclic esters (lactones) is 1. The number of anilines is 3. The lowest BCUT2D eigenvalue weighted by atomic mass is 10.2. The first-order valence-electron chi connectivity index (χ1n) is 8.65. The van der Waals surface area contributed by atoms with Crippen LogP contribution >= 0.6 is 28.1 Å². The van der Waals surface area contributed by atoms with Gasteiger partial charge in [-0.2, -0.15) is 0 Å². The van der Waals surface area contributed by atoms with Crippen LogP contribution in [0.3, 0.4) is 0 Å². The lowest BCUT2D eigenvalue weighted by Gasteiger charge is -2.15. The molecule has 0 aliphatic carbocycles. The lowest BCUT2D eigenvalue weighted by molar-refractivity contribution is 0.142. The Morgan fingerprint density at radius 3 is 2.60 bits per heavy atom. The molecule has 1 saturated heterocycles. The zero-order chi connectivity index (χ0) is 21.8. The highest BCUT2D eigenvalue weighted by molar-refractivity contribution is 9.10. The molecule has 30 heavy (non-hydrogen) atoms. The highest BCUT2D eigenvalue weighted by Crippen LogP contribution is 2.27. The summed E-state index contributed by atoms with van der Waals surface area (Å²) in [7, 11) is 0. The summed E-state index contributed by atoms with van der Waals surface area (Å²) in [5, 5.41) is 5.07. The van der Waals surface area contributed by atoms with Crippen LogP contribution in [0.1, 0.15) is 0 Å². The van der Waals surface area contributed by atoms with Crippen molar-refractivity contribution in [3.8, 4) is 0 Å². The van der Waals surface area contributed by atoms with Gasteiger partial charge in [0.25, 0.3) is 6.43 Å². The maximum atomic E-state index is 14.6. The van der Waals surface area contributed by atoms with Crippen molar-refractivity contribution < 1.29 is 22.7 Å². The molecule has 1 fully saturated rings. The molecule has 1 heterocycles. The van der Waals surface area contributed by atoms with Crippen LogP contribution in [0.15, 0.2) is 51.7 Å². The van der Waals surface area contributed by atoms with Crippen molar-refractivity contribution in [1.82, 2.24) is 5.32 Å². The van der Waals surface area contributed by atoms with Gasteiger partial charge in [0.2, 0.25) is 5.43 Å². The van der Waals surface area contributed by atoms with Gasteiger partial charge in [0.1, 0.15) is 16.9 Å². The first-order valence-corrected chi connectivity index (χ1v) is 9.85. The molecule has 1 aliphatic heterocycles. The third-order valence-corrected chi connectivity index (χ3v) is 5.03. The summed E-state index contributed by atoms with van der Waals surface area (Å²) in [4.78, 5) is 24.7. The van der Waals surface area contributed by atoms with E-state index in [9.17, 15) is 22.8 Å². The first kappa shape index (κ1) is 22.0. The second-order valence-corrected chi connectivity index (χ2v) is 7.64. The number of hydrogen-bond donors (Lipinski definition) is 2. The quantitative estimate of drug-likeness (QED) is 0.578. The molecule has 1 amide bonds. The Kier molecular flexibility index (Phi) is 6.93. The number of carbonyl (C=O) groups is 1. The number of ether oxygens (including phenoxy) is 1. The number of carbonyl (C=O) groups excluding carboxylic acids is 1. The predicted molar refractivity (Wildman–Crippen MR) is 114 cm³/mol. The number of alkyl halides is 2. The molecule has 0 radical (unpaired) electrons. The number of nitrogens with one attached hydrogen (secondary N) is 2. The van der Waals surface area contributed by atoms with Gasteiger partial charge in [0.05, 0.1) is 30.2 Å². The second kappa shape index (κ2) is 9.43. The average Bonchev–Trinajstić information content (AvgIpc) is 3.00. The monoisotopic (exact) mass is 501 g/mol. The number of nitrogens with zero attached hydrogens (tertiary/aromatic N) is 1. The van der Waals surface area contributed by atoms with Crippen molar-refractivity contribution in [2.24, 2.45) is 0 Å². The van der Waals surface area contributed by atoms with E-state index in [-0.39, 0.29) is 35.6 Å². The van der Waals surface area contributed by atoms with Crippen molar-refractivity contribution in [3.05, 3.63) is 63.0 Å². The Bertz CT molecular complexity index is 1040. The van der Waals surface area contributed by atoms with E-state index in [1.807, 2.05) is 0 Å². The van der Waals surface area contributed by atoms with Crippen molar-refractivity contribution in [2.45, 2.75) is 12.5 Å². The highest BCUT2D eigenvalue weighted by Gasteiger charge is 2.33. The molecule has 0 spiro atoms. The summed E-state index contributed by atoms with van der Waals surface area (Å²) in [5.74, 6) is -0.689. The van der Waals surface area contributed by atoms with Gasteiger partial charge >= 0.3 is 6.09 Å². The SMILES string of the molecule is O=C1O[C@@H](CNC(=S)C(F)F)CN1c1ccc(Nc2ccc(Br)ccc2=O)c(F)c1. The minimum absolute atomic E-state index is 0.0388. The van der Waals surface area contributed by atoms with Gasteiger partial charge in [0.15, 0.2) is 0 Å². The zero-order valence-corrected chi connectivity index (χ0v) is 17.6. The van der Waals surface area contributed by atoms with Gasteiger partial charge in [0, 0.05) is 4.47 Å². The highest BCUT2D eigenvalue weighted by atomic mass is 79.9. The topological polar surface area (TPSA) is 70.7 Å². The predicted octanol–water partition coefficient (Wildman–Crippen LogP) is 4.20. The van der Waals surface area contributed by atoms with E-state index < -0.39 is 29.4 Å². The molecule has 2 N–H and O–H groups in total. The molecular weight excluding hydrogens is 487 g/mol. The van der Waals surface area contributed by atoms with E-state index in [0.29, 0.717) is 4.47 Å². The van der Waals surface area contributed by atoms with Crippen LogP contribution in [0.25, 0.3) is 0 Å². The normalized spacial score (nSPS) is 15.8. The van der Waals surface area contributed by atoms with Crippen molar-refractivity contribution in [2.75, 3.05) is 23.3 Å². The fourth-order valence-corrected chi connectivity index (χ4v) is 3.05. The van der Waals surface area contributed by atoms with Crippen LogP contribution in [0.5, 0.6) is 0 Å². The summed E-state index contributed by atoms with van der Waals surface area (Å²) < 4.78 is 45.2. The van der Waals surface area contributed by atoms with Crippen LogP contribution in [-0.4, -0.2) is 36.7 Å². The summed E-state index contributed by atoms with van der Waals surface area (Å²) in [6, 6.07) is 10.1. The van der Waals surface area contributed by atoms with Crippen LogP contribution in [0.2, 0.25) is 0 Å². The molecule has 3 rings (SSSR count). The van der Waals surface area contributed by atoms with Gasteiger partial charge in [-0.15, -0.1) is 0 Å². The largest absolute Gasteiger partial charge is 0.442 e. The molecule has 0 saturated carbocycles. The fourth-order valence-electron chi connectivity index (χ4n) is 2.70. The summed E-state index contributed by atoms with van der Waals surface area (Å²) in [6.45, 7) is -0.0441. The Morgan fingerprint density at radius 1 is 1.20 bits per heavy atom. The van der Waals surface area contributed by atoms with Crippen LogP contribution in [0.4, 0.5) is 35.0 Å². The summed E-state index contributed by atoms with van der Waals surface area (Å²) in [5.41, 5.74) is 0.121. The Balaban J connectivity index is 1.71. The van der Waals surface area contributed by atoms with E-state index in [4.69, 9.17) is 4.74 Å². The molecule has 2 aromatic carbocycles. The van der Waals surface area contributed by atoms with Crippen molar-refractivity contribution in [1.29, 1.82) is 0 Å². The third-order valence-electron chi connectivity index (χ3n) is 4.18. The number of thiocarbonyl (C=S) groups is 1. The molecule has 2 aromatic rings. The maximum Gasteiger partial charge on any atom is 0.414 e. The molecule has 6 nitrogen and oxygen atoms in total. The number of halogens is 4. The van der Waals surface area contributed by atoms with E-state index in [0.717, 1.165) is 6.07 Å². The van der Waals surface area contributed by atoms with Crippen LogP contribution < -0.4 is 21.0 Å². The third kappa shape index (κ3) is 5.28. The molecule has 1 atom stereocenters. The number of amides is 1. The van der Waals surface area contributed by atoms with Gasteiger partial charge in [-0.1, -0.05) is 28.1 Å². The second-order valence-electron chi connectivity index (χ2n) is 6.28. The Morgan fingerprint density at radius 2 is 1.90 bits per heavy atom. The fraction of sp³-hybridized carbons (Fsp3) is 0.211. The Hall–Kier alpha value is -2.66. The smallest absolute Gasteiger partial charge is 0.414 e. The molecule has 1 aliphatic rings. The van der Waals surface area contributed by atoms with E-state index in [2.05, 4.69) is 38.8 Å². The first-order chi connectivity index (χ1) is 14.2. The average molecular weight is 502 g/mol. The molecular formula is C19H15BrF3N3O3S. The summed E-state index contributed by atoms with van der Waals surface area (Å²) >= 11 is 7.73.